The third-order valence-corrected chi connectivity index (χ3v) is 4.61. The van der Waals surface area contributed by atoms with E-state index in [4.69, 9.17) is 16.3 Å². The topological polar surface area (TPSA) is 57.0 Å². The second-order valence-corrected chi connectivity index (χ2v) is 6.76. The van der Waals surface area contributed by atoms with Gasteiger partial charge >= 0.3 is 6.01 Å². The molecule has 0 unspecified atom stereocenters. The van der Waals surface area contributed by atoms with Crippen molar-refractivity contribution in [2.75, 3.05) is 6.61 Å². The molecule has 0 radical (unpaired) electrons. The number of carbonyl (C=O) groups excluding carboxylic acids is 1. The van der Waals surface area contributed by atoms with Crippen molar-refractivity contribution in [3.05, 3.63) is 89.4 Å². The predicted molar refractivity (Wildman–Crippen MR) is 113 cm³/mol. The fraction of sp³-hybridized carbons (Fsp3) is 0.0870. The quantitative estimate of drug-likeness (QED) is 0.450. The lowest BCUT2D eigenvalue weighted by molar-refractivity contribution is 0.0945. The Hall–Kier alpha value is -3.44. The van der Waals surface area contributed by atoms with Crippen molar-refractivity contribution in [2.45, 2.75) is 6.92 Å². The summed E-state index contributed by atoms with van der Waals surface area (Å²) in [7, 11) is 0. The van der Waals surface area contributed by atoms with Crippen LogP contribution in [0.2, 0.25) is 5.02 Å². The molecule has 5 nitrogen and oxygen atoms in total. The van der Waals surface area contributed by atoms with Crippen molar-refractivity contribution in [3.8, 4) is 28.5 Å². The zero-order valence-corrected chi connectivity index (χ0v) is 16.5. The van der Waals surface area contributed by atoms with E-state index in [0.717, 1.165) is 11.1 Å². The minimum Gasteiger partial charge on any atom is -0.463 e. The molecule has 29 heavy (non-hydrogen) atoms. The number of hydrogen-bond donors (Lipinski definition) is 0. The summed E-state index contributed by atoms with van der Waals surface area (Å²) in [4.78, 5) is 17.5. The zero-order chi connectivity index (χ0) is 20.2. The number of aromatic nitrogens is 3. The molecular formula is C23H18ClN3O2. The van der Waals surface area contributed by atoms with E-state index in [0.29, 0.717) is 28.6 Å². The lowest BCUT2D eigenvalue weighted by Gasteiger charge is -2.06. The lowest BCUT2D eigenvalue weighted by atomic mass is 10.0. The van der Waals surface area contributed by atoms with Crippen molar-refractivity contribution < 1.29 is 9.53 Å². The number of ether oxygens (including phenoxy) is 1. The van der Waals surface area contributed by atoms with E-state index in [1.165, 1.54) is 4.68 Å². The van der Waals surface area contributed by atoms with Gasteiger partial charge in [-0.15, -0.1) is 5.10 Å². The molecule has 0 saturated heterocycles. The predicted octanol–water partition coefficient (Wildman–Crippen LogP) is 5.35. The van der Waals surface area contributed by atoms with E-state index in [2.05, 4.69) is 10.1 Å². The lowest BCUT2D eigenvalue weighted by Crippen LogP contribution is -2.15. The summed E-state index contributed by atoms with van der Waals surface area (Å²) in [5.74, 6) is 0.0890. The third kappa shape index (κ3) is 4.05. The molecule has 4 aromatic rings. The van der Waals surface area contributed by atoms with Gasteiger partial charge in [0.25, 0.3) is 5.91 Å². The van der Waals surface area contributed by atoms with Crippen LogP contribution in [0.3, 0.4) is 0 Å². The number of hydrogen-bond acceptors (Lipinski definition) is 4. The fourth-order valence-corrected chi connectivity index (χ4v) is 3.19. The molecule has 0 fully saturated rings. The molecule has 0 amide bonds. The van der Waals surface area contributed by atoms with Crippen LogP contribution in [-0.4, -0.2) is 27.3 Å². The highest BCUT2D eigenvalue weighted by atomic mass is 35.5. The summed E-state index contributed by atoms with van der Waals surface area (Å²) in [6.45, 7) is 2.24. The highest BCUT2D eigenvalue weighted by Crippen LogP contribution is 2.25. The van der Waals surface area contributed by atoms with Crippen LogP contribution in [0.1, 0.15) is 17.3 Å². The monoisotopic (exact) mass is 403 g/mol. The van der Waals surface area contributed by atoms with Gasteiger partial charge in [0.2, 0.25) is 0 Å². The van der Waals surface area contributed by atoms with Gasteiger partial charge in [0, 0.05) is 16.1 Å². The van der Waals surface area contributed by atoms with Crippen molar-refractivity contribution in [3.63, 3.8) is 0 Å². The Morgan fingerprint density at radius 3 is 2.31 bits per heavy atom. The summed E-state index contributed by atoms with van der Waals surface area (Å²) < 4.78 is 6.67. The summed E-state index contributed by atoms with van der Waals surface area (Å²) in [6, 6.07) is 24.7. The van der Waals surface area contributed by atoms with Crippen LogP contribution in [0.5, 0.6) is 6.01 Å². The van der Waals surface area contributed by atoms with Gasteiger partial charge in [-0.05, 0) is 42.3 Å². The Morgan fingerprint density at radius 1 is 0.931 bits per heavy atom. The molecule has 0 spiro atoms. The molecule has 0 aliphatic carbocycles. The highest BCUT2D eigenvalue weighted by Gasteiger charge is 2.20. The number of rotatable bonds is 5. The van der Waals surface area contributed by atoms with Crippen LogP contribution in [0.25, 0.3) is 22.5 Å². The van der Waals surface area contributed by atoms with Gasteiger partial charge in [-0.25, -0.2) is 0 Å². The molecule has 0 aliphatic heterocycles. The van der Waals surface area contributed by atoms with Gasteiger partial charge in [-0.3, -0.25) is 4.79 Å². The van der Waals surface area contributed by atoms with Crippen LogP contribution in [0, 0.1) is 0 Å². The standard InChI is InChI=1S/C23H18ClN3O2/c1-2-29-23-25-21(19-9-6-10-20(24)15-19)27(26-23)22(28)18-13-11-17(12-14-18)16-7-4-3-5-8-16/h3-15H,2H2,1H3. The first-order chi connectivity index (χ1) is 14.2. The van der Waals surface area contributed by atoms with Gasteiger partial charge in [0.05, 0.1) is 6.61 Å². The maximum atomic E-state index is 13.2. The van der Waals surface area contributed by atoms with Gasteiger partial charge in [-0.1, -0.05) is 66.2 Å². The largest absolute Gasteiger partial charge is 0.463 e. The van der Waals surface area contributed by atoms with Crippen molar-refractivity contribution >= 4 is 17.5 Å². The molecule has 0 saturated carbocycles. The van der Waals surface area contributed by atoms with Crippen LogP contribution >= 0.6 is 11.6 Å². The summed E-state index contributed by atoms with van der Waals surface area (Å²) >= 11 is 6.11. The zero-order valence-electron chi connectivity index (χ0n) is 15.7. The molecule has 144 valence electrons. The normalized spacial score (nSPS) is 10.7. The average Bonchev–Trinajstić information content (AvgIpc) is 3.18. The maximum Gasteiger partial charge on any atom is 0.336 e. The molecule has 4 rings (SSSR count). The minimum atomic E-state index is -0.293. The van der Waals surface area contributed by atoms with Crippen molar-refractivity contribution in [1.29, 1.82) is 0 Å². The number of nitrogens with zero attached hydrogens (tertiary/aromatic N) is 3. The van der Waals surface area contributed by atoms with Crippen LogP contribution in [0.15, 0.2) is 78.9 Å². The van der Waals surface area contributed by atoms with Crippen molar-refractivity contribution in [2.24, 2.45) is 0 Å². The summed E-state index contributed by atoms with van der Waals surface area (Å²) in [5, 5.41) is 4.80. The second kappa shape index (κ2) is 8.29. The van der Waals surface area contributed by atoms with Crippen LogP contribution in [-0.2, 0) is 0 Å². The maximum absolute atomic E-state index is 13.2. The molecule has 0 atom stereocenters. The number of carbonyl (C=O) groups is 1. The van der Waals surface area contributed by atoms with Gasteiger partial charge in [0.1, 0.15) is 0 Å². The number of benzene rings is 3. The Labute approximate surface area is 173 Å². The summed E-state index contributed by atoms with van der Waals surface area (Å²) in [5.41, 5.74) is 3.31. The molecule has 6 heteroatoms. The Kier molecular flexibility index (Phi) is 5.40. The highest BCUT2D eigenvalue weighted by molar-refractivity contribution is 6.30. The van der Waals surface area contributed by atoms with Gasteiger partial charge in [-0.2, -0.15) is 9.67 Å². The number of halogens is 1. The summed E-state index contributed by atoms with van der Waals surface area (Å²) in [6.07, 6.45) is 0. The van der Waals surface area contributed by atoms with E-state index >= 15 is 0 Å². The SMILES string of the molecule is CCOc1nc(-c2cccc(Cl)c2)n(C(=O)c2ccc(-c3ccccc3)cc2)n1. The molecule has 1 heterocycles. The minimum absolute atomic E-state index is 0.150. The molecule has 3 aromatic carbocycles. The van der Waals surface area contributed by atoms with Gasteiger partial charge < -0.3 is 4.74 Å². The Balaban J connectivity index is 1.71. The molecular weight excluding hydrogens is 386 g/mol. The molecule has 0 N–H and O–H groups in total. The Morgan fingerprint density at radius 2 is 1.62 bits per heavy atom. The Bertz CT molecular complexity index is 1140. The van der Waals surface area contributed by atoms with E-state index in [1.54, 1.807) is 30.3 Å². The van der Waals surface area contributed by atoms with Crippen LogP contribution in [0.4, 0.5) is 0 Å². The average molecular weight is 404 g/mol. The fourth-order valence-electron chi connectivity index (χ4n) is 3.00. The van der Waals surface area contributed by atoms with Gasteiger partial charge in [0.15, 0.2) is 5.82 Å². The van der Waals surface area contributed by atoms with Crippen molar-refractivity contribution in [1.82, 2.24) is 14.8 Å². The second-order valence-electron chi connectivity index (χ2n) is 6.32. The first kappa shape index (κ1) is 18.9. The first-order valence-electron chi connectivity index (χ1n) is 9.21. The van der Waals surface area contributed by atoms with E-state index in [-0.39, 0.29) is 11.9 Å². The van der Waals surface area contributed by atoms with E-state index in [1.807, 2.05) is 55.5 Å². The first-order valence-corrected chi connectivity index (χ1v) is 9.59. The smallest absolute Gasteiger partial charge is 0.336 e. The molecule has 1 aromatic heterocycles. The third-order valence-electron chi connectivity index (χ3n) is 4.38. The van der Waals surface area contributed by atoms with E-state index < -0.39 is 0 Å². The molecule has 0 aliphatic rings. The van der Waals surface area contributed by atoms with E-state index in [9.17, 15) is 4.79 Å². The molecule has 0 bridgehead atoms. The van der Waals surface area contributed by atoms with Crippen LogP contribution < -0.4 is 4.74 Å².